The van der Waals surface area contributed by atoms with Gasteiger partial charge in [-0.25, -0.2) is 0 Å². The third-order valence-electron chi connectivity index (χ3n) is 5.65. The summed E-state index contributed by atoms with van der Waals surface area (Å²) < 4.78 is 0. The first kappa shape index (κ1) is 13.2. The molecule has 6 rings (SSSR count). The molecule has 4 aromatic carbocycles. The number of rotatable bonds is 0. The molecular weight excluding hydrogens is 300 g/mol. The highest BCUT2D eigenvalue weighted by atomic mass is 14.3. The number of benzene rings is 4. The standard InChI is InChI=1S/C25H16/c1-4-10-19-16(7-1)13-22-20-11-5-2-9-18(20)15-24-21-12-6-3-8-17(21)14-23(19)25(22)24/h1-15,19H. The molecular formula is C25H16. The minimum Gasteiger partial charge on any atom is -0.0726 e. The summed E-state index contributed by atoms with van der Waals surface area (Å²) in [4.78, 5) is 0. The van der Waals surface area contributed by atoms with Crippen molar-refractivity contribution in [2.24, 2.45) is 0 Å². The third-order valence-corrected chi connectivity index (χ3v) is 5.65. The Kier molecular flexibility index (Phi) is 2.48. The molecule has 116 valence electrons. The molecule has 2 aliphatic carbocycles. The Morgan fingerprint density at radius 2 is 1.44 bits per heavy atom. The zero-order chi connectivity index (χ0) is 16.4. The molecule has 0 aromatic heterocycles. The van der Waals surface area contributed by atoms with Gasteiger partial charge in [0.1, 0.15) is 0 Å². The van der Waals surface area contributed by atoms with Gasteiger partial charge in [-0.05, 0) is 67.2 Å². The van der Waals surface area contributed by atoms with Crippen LogP contribution in [-0.4, -0.2) is 0 Å². The lowest BCUT2D eigenvalue weighted by Crippen LogP contribution is -2.07. The van der Waals surface area contributed by atoms with Crippen LogP contribution in [0.3, 0.4) is 0 Å². The first-order valence-electron chi connectivity index (χ1n) is 8.84. The molecule has 0 saturated heterocycles. The van der Waals surface area contributed by atoms with E-state index in [0.717, 1.165) is 0 Å². The molecule has 0 spiro atoms. The van der Waals surface area contributed by atoms with E-state index in [4.69, 9.17) is 0 Å². The zero-order valence-corrected chi connectivity index (χ0v) is 13.7. The van der Waals surface area contributed by atoms with Crippen LogP contribution in [0.15, 0.2) is 90.5 Å². The third kappa shape index (κ3) is 1.71. The van der Waals surface area contributed by atoms with Crippen molar-refractivity contribution < 1.29 is 0 Å². The fraction of sp³-hybridized carbons (Fsp3) is 0.0400. The number of allylic oxidation sites excluding steroid dienone is 5. The number of fused-ring (bicyclic) bond motifs is 6. The predicted molar refractivity (Wildman–Crippen MR) is 108 cm³/mol. The SMILES string of the molecule is C1=CC2=Cc3c4ccccc4cc4c3c(cc3ccccc34)C2C=C1. The Morgan fingerprint density at radius 3 is 2.32 bits per heavy atom. The minimum atomic E-state index is 0.366. The van der Waals surface area contributed by atoms with Crippen LogP contribution in [0.1, 0.15) is 17.0 Å². The van der Waals surface area contributed by atoms with Gasteiger partial charge in [0.25, 0.3) is 0 Å². The smallest absolute Gasteiger partial charge is 0.0279 e. The van der Waals surface area contributed by atoms with Crippen molar-refractivity contribution in [3.63, 3.8) is 0 Å². The minimum absolute atomic E-state index is 0.366. The van der Waals surface area contributed by atoms with E-state index in [9.17, 15) is 0 Å². The molecule has 4 aromatic rings. The Hall–Kier alpha value is -3.12. The maximum Gasteiger partial charge on any atom is 0.0279 e. The van der Waals surface area contributed by atoms with Crippen molar-refractivity contribution in [1.82, 2.24) is 0 Å². The van der Waals surface area contributed by atoms with Crippen molar-refractivity contribution in [3.8, 4) is 0 Å². The van der Waals surface area contributed by atoms with Crippen LogP contribution in [0.25, 0.3) is 38.4 Å². The van der Waals surface area contributed by atoms with Gasteiger partial charge in [0.2, 0.25) is 0 Å². The van der Waals surface area contributed by atoms with E-state index < -0.39 is 0 Å². The second kappa shape index (κ2) is 4.70. The molecule has 2 aliphatic rings. The van der Waals surface area contributed by atoms with Crippen LogP contribution in [0.4, 0.5) is 0 Å². The Morgan fingerprint density at radius 1 is 0.680 bits per heavy atom. The van der Waals surface area contributed by atoms with Gasteiger partial charge in [-0.1, -0.05) is 72.8 Å². The molecule has 0 bridgehead atoms. The second-order valence-corrected chi connectivity index (χ2v) is 6.99. The van der Waals surface area contributed by atoms with Crippen LogP contribution in [-0.2, 0) is 0 Å². The molecule has 0 nitrogen and oxygen atoms in total. The molecule has 0 saturated carbocycles. The van der Waals surface area contributed by atoms with Crippen LogP contribution in [0, 0.1) is 0 Å². The topological polar surface area (TPSA) is 0 Å². The van der Waals surface area contributed by atoms with Crippen LogP contribution >= 0.6 is 0 Å². The van der Waals surface area contributed by atoms with Gasteiger partial charge in [-0.3, -0.25) is 0 Å². The Balaban J connectivity index is 1.93. The van der Waals surface area contributed by atoms with E-state index in [0.29, 0.717) is 5.92 Å². The zero-order valence-electron chi connectivity index (χ0n) is 13.7. The van der Waals surface area contributed by atoms with E-state index in [1.165, 1.54) is 49.0 Å². The summed E-state index contributed by atoms with van der Waals surface area (Å²) in [5.74, 6) is 0.366. The maximum atomic E-state index is 2.40. The van der Waals surface area contributed by atoms with Crippen LogP contribution in [0.5, 0.6) is 0 Å². The van der Waals surface area contributed by atoms with Gasteiger partial charge in [0.15, 0.2) is 0 Å². The quantitative estimate of drug-likeness (QED) is 0.248. The van der Waals surface area contributed by atoms with Crippen molar-refractivity contribution in [1.29, 1.82) is 0 Å². The summed E-state index contributed by atoms with van der Waals surface area (Å²) >= 11 is 0. The molecule has 0 heteroatoms. The molecule has 0 heterocycles. The van der Waals surface area contributed by atoms with Crippen molar-refractivity contribution in [2.45, 2.75) is 5.92 Å². The molecule has 1 unspecified atom stereocenters. The van der Waals surface area contributed by atoms with Gasteiger partial charge < -0.3 is 0 Å². The van der Waals surface area contributed by atoms with E-state index >= 15 is 0 Å². The molecule has 0 N–H and O–H groups in total. The van der Waals surface area contributed by atoms with Gasteiger partial charge in [-0.15, -0.1) is 0 Å². The highest BCUT2D eigenvalue weighted by molar-refractivity contribution is 6.19. The van der Waals surface area contributed by atoms with Gasteiger partial charge >= 0.3 is 0 Å². The number of hydrogen-bond acceptors (Lipinski definition) is 0. The maximum absolute atomic E-state index is 2.40. The monoisotopic (exact) mass is 316 g/mol. The van der Waals surface area contributed by atoms with Gasteiger partial charge in [0.05, 0.1) is 0 Å². The summed E-state index contributed by atoms with van der Waals surface area (Å²) in [5.41, 5.74) is 4.20. The average Bonchev–Trinajstić information content (AvgIpc) is 2.68. The normalized spacial score (nSPS) is 17.9. The largest absolute Gasteiger partial charge is 0.0726 e. The summed E-state index contributed by atoms with van der Waals surface area (Å²) in [6.45, 7) is 0. The van der Waals surface area contributed by atoms with Crippen molar-refractivity contribution in [2.75, 3.05) is 0 Å². The van der Waals surface area contributed by atoms with Crippen molar-refractivity contribution in [3.05, 3.63) is 102 Å². The fourth-order valence-corrected chi connectivity index (χ4v) is 4.55. The van der Waals surface area contributed by atoms with Crippen molar-refractivity contribution >= 4 is 38.4 Å². The molecule has 0 aliphatic heterocycles. The average molecular weight is 316 g/mol. The highest BCUT2D eigenvalue weighted by Gasteiger charge is 2.24. The van der Waals surface area contributed by atoms with E-state index in [-0.39, 0.29) is 0 Å². The molecule has 1 atom stereocenters. The molecule has 0 amide bonds. The van der Waals surface area contributed by atoms with Crippen LogP contribution < -0.4 is 0 Å². The van der Waals surface area contributed by atoms with E-state index in [1.54, 1.807) is 0 Å². The lowest BCUT2D eigenvalue weighted by atomic mass is 9.76. The molecule has 0 radical (unpaired) electrons. The van der Waals surface area contributed by atoms with E-state index in [2.05, 4.69) is 91.0 Å². The Labute approximate surface area is 146 Å². The number of hydrogen-bond donors (Lipinski definition) is 0. The first-order chi connectivity index (χ1) is 12.4. The first-order valence-corrected chi connectivity index (χ1v) is 8.84. The summed E-state index contributed by atoms with van der Waals surface area (Å²) in [6.07, 6.45) is 11.3. The highest BCUT2D eigenvalue weighted by Crippen LogP contribution is 2.46. The summed E-state index contributed by atoms with van der Waals surface area (Å²) in [7, 11) is 0. The predicted octanol–water partition coefficient (Wildman–Crippen LogP) is 6.75. The molecule has 0 fully saturated rings. The second-order valence-electron chi connectivity index (χ2n) is 6.99. The van der Waals surface area contributed by atoms with E-state index in [1.807, 2.05) is 0 Å². The lowest BCUT2D eigenvalue weighted by Gasteiger charge is -2.27. The van der Waals surface area contributed by atoms with Crippen LogP contribution in [0.2, 0.25) is 0 Å². The summed E-state index contributed by atoms with van der Waals surface area (Å²) in [5, 5.41) is 8.14. The fourth-order valence-electron chi connectivity index (χ4n) is 4.55. The summed E-state index contributed by atoms with van der Waals surface area (Å²) in [6, 6.07) is 22.3. The molecule has 25 heavy (non-hydrogen) atoms. The van der Waals surface area contributed by atoms with Gasteiger partial charge in [0, 0.05) is 5.92 Å². The lowest BCUT2D eigenvalue weighted by molar-refractivity contribution is 1.03. The Bertz CT molecular complexity index is 1280. The van der Waals surface area contributed by atoms with Gasteiger partial charge in [-0.2, -0.15) is 0 Å².